The molecule has 1 spiro atoms. The summed E-state index contributed by atoms with van der Waals surface area (Å²) >= 11 is 1.38. The van der Waals surface area contributed by atoms with Crippen molar-refractivity contribution in [2.75, 3.05) is 31.5 Å². The van der Waals surface area contributed by atoms with Gasteiger partial charge in [0.2, 0.25) is 11.8 Å². The fourth-order valence-electron chi connectivity index (χ4n) is 3.33. The van der Waals surface area contributed by atoms with E-state index in [-0.39, 0.29) is 54.5 Å². The molecule has 3 rings (SSSR count). The van der Waals surface area contributed by atoms with Crippen molar-refractivity contribution in [2.45, 2.75) is 31.7 Å². The lowest BCUT2D eigenvalue weighted by Gasteiger charge is -2.33. The molecule has 3 heterocycles. The Hall–Kier alpha value is -0.930. The lowest BCUT2D eigenvalue weighted by molar-refractivity contribution is -0.123. The molecule has 0 bridgehead atoms. The number of aromatic nitrogens is 1. The molecule has 0 saturated carbocycles. The van der Waals surface area contributed by atoms with Crippen LogP contribution in [0, 0.1) is 5.41 Å². The Morgan fingerprint density at radius 1 is 1.32 bits per heavy atom. The minimum absolute atomic E-state index is 0. The maximum Gasteiger partial charge on any atom is 0.237 e. The van der Waals surface area contributed by atoms with Gasteiger partial charge in [0.15, 0.2) is 5.13 Å². The van der Waals surface area contributed by atoms with E-state index in [2.05, 4.69) is 26.3 Å². The van der Waals surface area contributed by atoms with Crippen molar-refractivity contribution in [1.82, 2.24) is 20.9 Å². The number of thiazole rings is 1. The molecular weight excluding hydrogens is 385 g/mol. The van der Waals surface area contributed by atoms with Gasteiger partial charge in [-0.25, -0.2) is 4.98 Å². The van der Waals surface area contributed by atoms with Crippen molar-refractivity contribution in [1.29, 1.82) is 0 Å². The predicted octanol–water partition coefficient (Wildman–Crippen LogP) is 1.16. The van der Waals surface area contributed by atoms with Crippen molar-refractivity contribution in [3.8, 4) is 0 Å². The minimum Gasteiger partial charge on any atom is -0.354 e. The first kappa shape index (κ1) is 22.1. The van der Waals surface area contributed by atoms with E-state index in [9.17, 15) is 9.59 Å². The molecular formula is C15H25Cl2N5O2S. The third-order valence-corrected chi connectivity index (χ3v) is 5.36. The quantitative estimate of drug-likeness (QED) is 0.585. The van der Waals surface area contributed by atoms with Crippen LogP contribution in [0.3, 0.4) is 0 Å². The maximum absolute atomic E-state index is 12.2. The summed E-state index contributed by atoms with van der Waals surface area (Å²) in [5, 5.41) is 14.7. The molecule has 7 nitrogen and oxygen atoms in total. The number of carbonyl (C=O) groups is 2. The monoisotopic (exact) mass is 409 g/mol. The number of rotatable bonds is 5. The number of nitrogens with one attached hydrogen (secondary N) is 4. The molecule has 1 aromatic rings. The largest absolute Gasteiger partial charge is 0.354 e. The van der Waals surface area contributed by atoms with Gasteiger partial charge in [-0.05, 0) is 37.8 Å². The van der Waals surface area contributed by atoms with Crippen molar-refractivity contribution in [3.05, 3.63) is 11.6 Å². The number of anilines is 1. The van der Waals surface area contributed by atoms with E-state index in [0.717, 1.165) is 38.9 Å². The van der Waals surface area contributed by atoms with Crippen LogP contribution in [0.4, 0.5) is 5.13 Å². The lowest BCUT2D eigenvalue weighted by atomic mass is 9.77. The zero-order valence-electron chi connectivity index (χ0n) is 13.9. The Morgan fingerprint density at radius 2 is 2.08 bits per heavy atom. The molecule has 0 aromatic carbocycles. The van der Waals surface area contributed by atoms with Crippen molar-refractivity contribution in [2.24, 2.45) is 5.41 Å². The number of nitrogens with zero attached hydrogens (tertiary/aromatic N) is 1. The Balaban J connectivity index is 0.00000156. The van der Waals surface area contributed by atoms with Gasteiger partial charge in [0.05, 0.1) is 6.04 Å². The van der Waals surface area contributed by atoms with Gasteiger partial charge in [-0.15, -0.1) is 36.2 Å². The summed E-state index contributed by atoms with van der Waals surface area (Å²) < 4.78 is 0. The van der Waals surface area contributed by atoms with Gasteiger partial charge in [-0.3, -0.25) is 9.59 Å². The Bertz CT molecular complexity index is 552. The van der Waals surface area contributed by atoms with Gasteiger partial charge in [-0.1, -0.05) is 0 Å². The highest BCUT2D eigenvalue weighted by Gasteiger charge is 2.41. The fourth-order valence-corrected chi connectivity index (χ4v) is 3.87. The Morgan fingerprint density at radius 3 is 2.76 bits per heavy atom. The van der Waals surface area contributed by atoms with Gasteiger partial charge >= 0.3 is 0 Å². The second-order valence-corrected chi connectivity index (χ2v) is 7.21. The van der Waals surface area contributed by atoms with Gasteiger partial charge in [0, 0.05) is 31.1 Å². The van der Waals surface area contributed by atoms with E-state index in [4.69, 9.17) is 0 Å². The molecule has 2 saturated heterocycles. The van der Waals surface area contributed by atoms with E-state index >= 15 is 0 Å². The number of halogens is 2. The summed E-state index contributed by atoms with van der Waals surface area (Å²) in [6.07, 6.45) is 5.05. The number of hydrogen-bond donors (Lipinski definition) is 4. The van der Waals surface area contributed by atoms with Crippen LogP contribution in [0.15, 0.2) is 11.6 Å². The molecule has 2 aliphatic heterocycles. The van der Waals surface area contributed by atoms with E-state index in [0.29, 0.717) is 11.7 Å². The van der Waals surface area contributed by atoms with Crippen LogP contribution in [-0.2, 0) is 9.59 Å². The van der Waals surface area contributed by atoms with Crippen LogP contribution >= 0.6 is 36.2 Å². The molecule has 10 heteroatoms. The standard InChI is InChI=1S/C15H23N5O2S.2ClH/c21-12(20-14-18-7-8-23-14)1-4-17-13(22)11-9-15(10-19-11)2-5-16-6-3-15;;/h7-8,11,16,19H,1-6,9-10H2,(H,17,22)(H,18,20,21);2*1H. The van der Waals surface area contributed by atoms with Gasteiger partial charge in [0.25, 0.3) is 0 Å². The second kappa shape index (κ2) is 10.3. The van der Waals surface area contributed by atoms with Crippen molar-refractivity contribution in [3.63, 3.8) is 0 Å². The third kappa shape index (κ3) is 6.07. The summed E-state index contributed by atoms with van der Waals surface area (Å²) in [6, 6.07) is -0.130. The molecule has 1 unspecified atom stereocenters. The van der Waals surface area contributed by atoms with Crippen LogP contribution in [0.2, 0.25) is 0 Å². The fraction of sp³-hybridized carbons (Fsp3) is 0.667. The summed E-state index contributed by atoms with van der Waals surface area (Å²) in [7, 11) is 0. The molecule has 2 fully saturated rings. The smallest absolute Gasteiger partial charge is 0.237 e. The first-order chi connectivity index (χ1) is 11.2. The number of carbonyl (C=O) groups excluding carboxylic acids is 2. The summed E-state index contributed by atoms with van der Waals surface area (Å²) in [5.74, 6) is -0.128. The first-order valence-corrected chi connectivity index (χ1v) is 8.96. The number of amides is 2. The molecule has 142 valence electrons. The molecule has 1 aromatic heterocycles. The number of hydrogen-bond acceptors (Lipinski definition) is 6. The van der Waals surface area contributed by atoms with E-state index in [1.54, 1.807) is 11.6 Å². The average Bonchev–Trinajstić information content (AvgIpc) is 3.18. The van der Waals surface area contributed by atoms with Gasteiger partial charge in [-0.2, -0.15) is 0 Å². The Labute approximate surface area is 163 Å². The highest BCUT2D eigenvalue weighted by molar-refractivity contribution is 7.13. The molecule has 25 heavy (non-hydrogen) atoms. The van der Waals surface area contributed by atoms with Crippen LogP contribution in [0.25, 0.3) is 0 Å². The summed E-state index contributed by atoms with van der Waals surface area (Å²) in [6.45, 7) is 3.33. The topological polar surface area (TPSA) is 95.2 Å². The van der Waals surface area contributed by atoms with E-state index in [1.165, 1.54) is 11.3 Å². The van der Waals surface area contributed by atoms with Crippen molar-refractivity contribution >= 4 is 53.1 Å². The Kier molecular flexibility index (Phi) is 9.09. The minimum atomic E-state index is -0.130. The summed E-state index contributed by atoms with van der Waals surface area (Å²) in [4.78, 5) is 28.0. The zero-order valence-corrected chi connectivity index (χ0v) is 16.3. The highest BCUT2D eigenvalue weighted by Crippen LogP contribution is 2.37. The van der Waals surface area contributed by atoms with Gasteiger partial charge in [0.1, 0.15) is 0 Å². The second-order valence-electron chi connectivity index (χ2n) is 6.31. The zero-order chi connectivity index (χ0) is 16.1. The van der Waals surface area contributed by atoms with E-state index < -0.39 is 0 Å². The predicted molar refractivity (Wildman–Crippen MR) is 104 cm³/mol. The molecule has 1 atom stereocenters. The van der Waals surface area contributed by atoms with Crippen LogP contribution < -0.4 is 21.3 Å². The SMILES string of the molecule is Cl.Cl.O=C(CCNC(=O)C1CC2(CCNCC2)CN1)Nc1nccs1. The first-order valence-electron chi connectivity index (χ1n) is 8.08. The molecule has 2 aliphatic rings. The van der Waals surface area contributed by atoms with Gasteiger partial charge < -0.3 is 21.3 Å². The highest BCUT2D eigenvalue weighted by atomic mass is 35.5. The van der Waals surface area contributed by atoms with Crippen molar-refractivity contribution < 1.29 is 9.59 Å². The maximum atomic E-state index is 12.2. The van der Waals surface area contributed by atoms with Crippen LogP contribution in [-0.4, -0.2) is 49.0 Å². The molecule has 0 aliphatic carbocycles. The molecule has 4 N–H and O–H groups in total. The van der Waals surface area contributed by atoms with Crippen LogP contribution in [0.1, 0.15) is 25.7 Å². The number of piperidine rings is 1. The lowest BCUT2D eigenvalue weighted by Crippen LogP contribution is -2.41. The molecule has 0 radical (unpaired) electrons. The summed E-state index contributed by atoms with van der Waals surface area (Å²) in [5.41, 5.74) is 0.273. The third-order valence-electron chi connectivity index (χ3n) is 4.67. The average molecular weight is 410 g/mol. The molecule has 2 amide bonds. The normalized spacial score (nSPS) is 21.0. The van der Waals surface area contributed by atoms with E-state index in [1.807, 2.05) is 0 Å². The van der Waals surface area contributed by atoms with Crippen LogP contribution in [0.5, 0.6) is 0 Å².